The molecule has 0 bridgehead atoms. The van der Waals surface area contributed by atoms with Crippen molar-refractivity contribution in [2.75, 3.05) is 22.7 Å². The Bertz CT molecular complexity index is 1030. The molecule has 0 radical (unpaired) electrons. The fourth-order valence-corrected chi connectivity index (χ4v) is 4.41. The van der Waals surface area contributed by atoms with E-state index < -0.39 is 16.0 Å². The summed E-state index contributed by atoms with van der Waals surface area (Å²) in [6.07, 6.45) is 3.26. The number of benzene rings is 1. The fraction of sp³-hybridized carbons (Fsp3) is 0.350. The molecule has 0 saturated carbocycles. The van der Waals surface area contributed by atoms with Gasteiger partial charge in [0, 0.05) is 24.8 Å². The molecule has 1 aliphatic heterocycles. The topological polar surface area (TPSA) is 117 Å². The number of carbonyl (C=O) groups excluding carboxylic acids is 1. The lowest BCUT2D eigenvalue weighted by Gasteiger charge is -2.33. The number of rotatable bonds is 6. The summed E-state index contributed by atoms with van der Waals surface area (Å²) in [6, 6.07) is 6.85. The van der Waals surface area contributed by atoms with Crippen LogP contribution in [0.2, 0.25) is 0 Å². The molecule has 1 fully saturated rings. The van der Waals surface area contributed by atoms with E-state index in [9.17, 15) is 23.1 Å². The zero-order chi connectivity index (χ0) is 21.2. The number of sulfonamides is 1. The van der Waals surface area contributed by atoms with Gasteiger partial charge in [-0.1, -0.05) is 19.1 Å². The number of nitrogens with zero attached hydrogens (tertiary/aromatic N) is 2. The van der Waals surface area contributed by atoms with Gasteiger partial charge in [0.1, 0.15) is 0 Å². The summed E-state index contributed by atoms with van der Waals surface area (Å²) in [7, 11) is -3.99. The number of Topliss-reactive ketones (excluding diaryl/α,β-unsaturated/α-hetero) is 1. The van der Waals surface area contributed by atoms with Crippen LogP contribution in [0.15, 0.2) is 41.4 Å². The van der Waals surface area contributed by atoms with Crippen molar-refractivity contribution >= 4 is 33.3 Å². The van der Waals surface area contributed by atoms with Crippen LogP contribution in [0.5, 0.6) is 0 Å². The van der Waals surface area contributed by atoms with Crippen LogP contribution in [-0.2, 0) is 10.0 Å². The molecule has 0 unspecified atom stereocenters. The first-order valence-electron chi connectivity index (χ1n) is 9.29. The van der Waals surface area contributed by atoms with E-state index in [1.165, 1.54) is 43.5 Å². The molecule has 0 amide bonds. The number of anilines is 2. The summed E-state index contributed by atoms with van der Waals surface area (Å²) < 4.78 is 28.2. The number of carboxylic acids is 1. The number of hydrogen-bond acceptors (Lipinski definition) is 6. The first-order chi connectivity index (χ1) is 13.7. The predicted molar refractivity (Wildman–Crippen MR) is 109 cm³/mol. The molecule has 2 N–H and O–H groups in total. The maximum atomic E-state index is 12.9. The number of carbonyl (C=O) groups is 2. The van der Waals surface area contributed by atoms with Gasteiger partial charge >= 0.3 is 5.97 Å². The molecule has 29 heavy (non-hydrogen) atoms. The summed E-state index contributed by atoms with van der Waals surface area (Å²) in [6.45, 7) is 4.93. The van der Waals surface area contributed by atoms with Crippen LogP contribution in [0.4, 0.5) is 11.5 Å². The summed E-state index contributed by atoms with van der Waals surface area (Å²) in [5, 5.41) is 9.29. The van der Waals surface area contributed by atoms with Crippen LogP contribution in [0.25, 0.3) is 0 Å². The second-order valence-corrected chi connectivity index (χ2v) is 8.96. The van der Waals surface area contributed by atoms with Crippen molar-refractivity contribution in [3.05, 3.63) is 47.7 Å². The van der Waals surface area contributed by atoms with Gasteiger partial charge in [-0.3, -0.25) is 9.52 Å². The molecule has 8 nitrogen and oxygen atoms in total. The Labute approximate surface area is 169 Å². The molecule has 1 atom stereocenters. The molecule has 154 valence electrons. The second-order valence-electron chi connectivity index (χ2n) is 7.28. The number of ketones is 1. The number of aromatic nitrogens is 1. The molecular weight excluding hydrogens is 394 g/mol. The van der Waals surface area contributed by atoms with Gasteiger partial charge in [-0.2, -0.15) is 0 Å². The third-order valence-electron chi connectivity index (χ3n) is 4.89. The first kappa shape index (κ1) is 20.8. The van der Waals surface area contributed by atoms with Crippen LogP contribution in [0.3, 0.4) is 0 Å². The third kappa shape index (κ3) is 4.73. The number of piperidine rings is 1. The Morgan fingerprint density at radius 3 is 2.48 bits per heavy atom. The molecule has 1 aromatic heterocycles. The molecule has 9 heteroatoms. The molecule has 2 aromatic rings. The normalized spacial score (nSPS) is 17.0. The highest BCUT2D eigenvalue weighted by Crippen LogP contribution is 2.30. The highest BCUT2D eigenvalue weighted by molar-refractivity contribution is 7.92. The molecule has 2 heterocycles. The van der Waals surface area contributed by atoms with Crippen molar-refractivity contribution in [2.45, 2.75) is 31.6 Å². The van der Waals surface area contributed by atoms with Gasteiger partial charge in [-0.25, -0.2) is 18.2 Å². The van der Waals surface area contributed by atoms with Crippen LogP contribution >= 0.6 is 0 Å². The van der Waals surface area contributed by atoms with Crippen LogP contribution < -0.4 is 9.62 Å². The quantitative estimate of drug-likeness (QED) is 0.694. The van der Waals surface area contributed by atoms with Gasteiger partial charge in [0.15, 0.2) is 11.6 Å². The van der Waals surface area contributed by atoms with E-state index in [1.54, 1.807) is 0 Å². The predicted octanol–water partition coefficient (Wildman–Crippen LogP) is 3.02. The SMILES string of the molecule is CC(=O)c1ccc(S(=O)(=O)Nc2cc(C(=O)O)cnc2N2CCC[C@H](C)C2)cc1. The number of aromatic carboxylic acids is 1. The Hall–Kier alpha value is -2.94. The number of hydrogen-bond donors (Lipinski definition) is 2. The zero-order valence-electron chi connectivity index (χ0n) is 16.3. The minimum atomic E-state index is -3.99. The number of nitrogens with one attached hydrogen (secondary N) is 1. The Morgan fingerprint density at radius 2 is 1.90 bits per heavy atom. The Morgan fingerprint density at radius 1 is 1.21 bits per heavy atom. The zero-order valence-corrected chi connectivity index (χ0v) is 17.1. The number of carboxylic acid groups (broad SMARTS) is 1. The van der Waals surface area contributed by atoms with Gasteiger partial charge in [-0.15, -0.1) is 0 Å². The smallest absolute Gasteiger partial charge is 0.337 e. The molecule has 1 aliphatic rings. The summed E-state index contributed by atoms with van der Waals surface area (Å²) in [5.41, 5.74) is 0.416. The van der Waals surface area contributed by atoms with Gasteiger partial charge in [0.25, 0.3) is 10.0 Å². The average molecular weight is 417 g/mol. The van der Waals surface area contributed by atoms with Crippen molar-refractivity contribution in [1.82, 2.24) is 4.98 Å². The van der Waals surface area contributed by atoms with E-state index in [4.69, 9.17) is 0 Å². The van der Waals surface area contributed by atoms with Crippen molar-refractivity contribution < 1.29 is 23.1 Å². The van der Waals surface area contributed by atoms with E-state index in [0.717, 1.165) is 12.8 Å². The lowest BCUT2D eigenvalue weighted by molar-refractivity contribution is 0.0696. The first-order valence-corrected chi connectivity index (χ1v) is 10.8. The minimum Gasteiger partial charge on any atom is -0.478 e. The molecule has 0 aliphatic carbocycles. The van der Waals surface area contributed by atoms with Crippen molar-refractivity contribution in [3.8, 4) is 0 Å². The summed E-state index contributed by atoms with van der Waals surface area (Å²) >= 11 is 0. The maximum absolute atomic E-state index is 12.9. The van der Waals surface area contributed by atoms with E-state index in [-0.39, 0.29) is 21.9 Å². The van der Waals surface area contributed by atoms with E-state index in [1.807, 2.05) is 4.90 Å². The van der Waals surface area contributed by atoms with Gasteiger partial charge in [-0.05, 0) is 43.9 Å². The molecular formula is C20H23N3O5S. The fourth-order valence-electron chi connectivity index (χ4n) is 3.36. The highest BCUT2D eigenvalue weighted by atomic mass is 32.2. The molecule has 0 spiro atoms. The highest BCUT2D eigenvalue weighted by Gasteiger charge is 2.24. The number of pyridine rings is 1. The van der Waals surface area contributed by atoms with Crippen molar-refractivity contribution in [3.63, 3.8) is 0 Å². The van der Waals surface area contributed by atoms with Gasteiger partial charge in [0.05, 0.1) is 16.1 Å². The van der Waals surface area contributed by atoms with Crippen LogP contribution in [0, 0.1) is 5.92 Å². The summed E-state index contributed by atoms with van der Waals surface area (Å²) in [4.78, 5) is 29.0. The standard InChI is InChI=1S/C20H23N3O5S/c1-13-4-3-9-23(12-13)19-18(10-16(11-21-19)20(25)26)22-29(27,28)17-7-5-15(6-8-17)14(2)24/h5-8,10-11,13,22H,3-4,9,12H2,1-2H3,(H,25,26)/t13-/m0/s1. The molecule has 1 aromatic carbocycles. The maximum Gasteiger partial charge on any atom is 0.337 e. The van der Waals surface area contributed by atoms with Gasteiger partial charge < -0.3 is 10.0 Å². The third-order valence-corrected chi connectivity index (χ3v) is 6.27. The Kier molecular flexibility index (Phi) is 5.88. The van der Waals surface area contributed by atoms with Crippen molar-refractivity contribution in [2.24, 2.45) is 5.92 Å². The van der Waals surface area contributed by atoms with E-state index >= 15 is 0 Å². The average Bonchev–Trinajstić information content (AvgIpc) is 2.67. The lowest BCUT2D eigenvalue weighted by atomic mass is 10.0. The van der Waals surface area contributed by atoms with Gasteiger partial charge in [0.2, 0.25) is 0 Å². The van der Waals surface area contributed by atoms with Crippen LogP contribution in [-0.4, -0.2) is 43.4 Å². The Balaban J connectivity index is 1.97. The largest absolute Gasteiger partial charge is 0.478 e. The lowest BCUT2D eigenvalue weighted by Crippen LogP contribution is -2.35. The summed E-state index contributed by atoms with van der Waals surface area (Å²) in [5.74, 6) is -0.525. The van der Waals surface area contributed by atoms with Crippen LogP contribution in [0.1, 0.15) is 47.4 Å². The second kappa shape index (κ2) is 8.20. The van der Waals surface area contributed by atoms with E-state index in [0.29, 0.717) is 30.4 Å². The minimum absolute atomic E-state index is 0.0267. The monoisotopic (exact) mass is 417 g/mol. The van der Waals surface area contributed by atoms with E-state index in [2.05, 4.69) is 16.6 Å². The molecule has 1 saturated heterocycles. The van der Waals surface area contributed by atoms with Crippen molar-refractivity contribution in [1.29, 1.82) is 0 Å². The molecule has 3 rings (SSSR count).